The van der Waals surface area contributed by atoms with Gasteiger partial charge in [0.15, 0.2) is 0 Å². The van der Waals surface area contributed by atoms with Gasteiger partial charge in [0.25, 0.3) is 0 Å². The van der Waals surface area contributed by atoms with Gasteiger partial charge < -0.3 is 20.1 Å². The molecular weight excluding hydrogens is 399 g/mol. The highest BCUT2D eigenvalue weighted by Crippen LogP contribution is 2.28. The van der Waals surface area contributed by atoms with Crippen LogP contribution < -0.4 is 10.6 Å². The Hall–Kier alpha value is -1.65. The zero-order chi connectivity index (χ0) is 21.6. The number of hydrogen-bond acceptors (Lipinski definition) is 7. The smallest absolute Gasteiger partial charge is 0.379 e. The summed E-state index contributed by atoms with van der Waals surface area (Å²) in [7, 11) is 0. The van der Waals surface area contributed by atoms with Gasteiger partial charge in [-0.3, -0.25) is 4.90 Å². The first kappa shape index (κ1) is 23.0. The van der Waals surface area contributed by atoms with Gasteiger partial charge >= 0.3 is 6.18 Å². The van der Waals surface area contributed by atoms with Crippen LogP contribution in [-0.2, 0) is 9.47 Å². The van der Waals surface area contributed by atoms with Gasteiger partial charge in [-0.05, 0) is 25.2 Å². The molecule has 2 N–H and O–H groups in total. The summed E-state index contributed by atoms with van der Waals surface area (Å²) < 4.78 is 51.6. The second kappa shape index (κ2) is 10.6. The molecule has 0 aromatic carbocycles. The fraction of sp³-hybridized carbons (Fsp3) is 0.800. The van der Waals surface area contributed by atoms with Crippen molar-refractivity contribution >= 4 is 11.6 Å². The Morgan fingerprint density at radius 2 is 1.90 bits per heavy atom. The Bertz CT molecular complexity index is 656. The normalized spacial score (nSPS) is 24.6. The van der Waals surface area contributed by atoms with E-state index in [0.717, 1.165) is 19.4 Å². The van der Waals surface area contributed by atoms with E-state index in [4.69, 9.17) is 9.47 Å². The van der Waals surface area contributed by atoms with Crippen molar-refractivity contribution in [2.75, 3.05) is 50.1 Å². The summed E-state index contributed by atoms with van der Waals surface area (Å²) in [6.07, 6.45) is -0.833. The molecule has 170 valence electrons. The molecule has 2 saturated heterocycles. The van der Waals surface area contributed by atoms with Crippen molar-refractivity contribution in [1.82, 2.24) is 14.9 Å². The van der Waals surface area contributed by atoms with E-state index in [1.807, 2.05) is 0 Å². The largest absolute Gasteiger partial charge is 0.404 e. The van der Waals surface area contributed by atoms with Crippen LogP contribution in [0.2, 0.25) is 0 Å². The number of nitrogens with zero attached hydrogens (tertiary/aromatic N) is 3. The van der Waals surface area contributed by atoms with Gasteiger partial charge in [-0.25, -0.2) is 9.97 Å². The molecule has 0 bridgehead atoms. The summed E-state index contributed by atoms with van der Waals surface area (Å²) >= 11 is 0. The van der Waals surface area contributed by atoms with Crippen LogP contribution in [0.25, 0.3) is 0 Å². The lowest BCUT2D eigenvalue weighted by Crippen LogP contribution is -2.51. The monoisotopic (exact) mass is 431 g/mol. The average molecular weight is 432 g/mol. The molecule has 2 fully saturated rings. The first-order valence-corrected chi connectivity index (χ1v) is 10.7. The van der Waals surface area contributed by atoms with Crippen LogP contribution in [0.15, 0.2) is 12.4 Å². The van der Waals surface area contributed by atoms with Crippen molar-refractivity contribution in [1.29, 1.82) is 0 Å². The molecule has 7 nitrogen and oxygen atoms in total. The Kier molecular flexibility index (Phi) is 8.13. The van der Waals surface area contributed by atoms with E-state index >= 15 is 0 Å². The van der Waals surface area contributed by atoms with E-state index in [0.29, 0.717) is 43.9 Å². The number of halogens is 3. The molecule has 0 spiro atoms. The van der Waals surface area contributed by atoms with Crippen molar-refractivity contribution < 1.29 is 22.6 Å². The van der Waals surface area contributed by atoms with Gasteiger partial charge in [-0.15, -0.1) is 0 Å². The zero-order valence-corrected chi connectivity index (χ0v) is 17.6. The molecule has 30 heavy (non-hydrogen) atoms. The van der Waals surface area contributed by atoms with Crippen LogP contribution >= 0.6 is 0 Å². The second-order valence-electron chi connectivity index (χ2n) is 8.18. The van der Waals surface area contributed by atoms with Gasteiger partial charge in [0.1, 0.15) is 24.0 Å². The zero-order valence-electron chi connectivity index (χ0n) is 17.6. The number of morpholine rings is 1. The number of aromatic nitrogens is 2. The molecule has 0 saturated carbocycles. The minimum absolute atomic E-state index is 0.0534. The fourth-order valence-electron chi connectivity index (χ4n) is 4.12. The standard InChI is InChI=1S/C20H32F3N5O2/c1-14(2)19-15(4-3-9-30-19)27-18-12-17(25-13-26-18)24-6-5-16(20(21,22)23)28-7-10-29-11-8-28/h12-16,19H,3-11H2,1-2H3,(H2,24,25,26,27). The lowest BCUT2D eigenvalue weighted by atomic mass is 9.94. The summed E-state index contributed by atoms with van der Waals surface area (Å²) in [5.41, 5.74) is 0. The SMILES string of the molecule is CC(C)C1OCCCC1Nc1cc(NCCC(N2CCOCC2)C(F)(F)F)ncn1. The van der Waals surface area contributed by atoms with E-state index in [1.54, 1.807) is 6.07 Å². The minimum Gasteiger partial charge on any atom is -0.379 e. The highest BCUT2D eigenvalue weighted by molar-refractivity contribution is 5.47. The fourth-order valence-corrected chi connectivity index (χ4v) is 4.12. The molecule has 3 unspecified atom stereocenters. The van der Waals surface area contributed by atoms with Crippen molar-refractivity contribution in [3.05, 3.63) is 12.4 Å². The molecular formula is C20H32F3N5O2. The quantitative estimate of drug-likeness (QED) is 0.655. The van der Waals surface area contributed by atoms with Gasteiger partial charge in [0, 0.05) is 32.3 Å². The Morgan fingerprint density at radius 3 is 2.60 bits per heavy atom. The van der Waals surface area contributed by atoms with Crippen LogP contribution in [0.3, 0.4) is 0 Å². The van der Waals surface area contributed by atoms with Crippen LogP contribution in [0, 0.1) is 5.92 Å². The van der Waals surface area contributed by atoms with E-state index in [9.17, 15) is 13.2 Å². The Morgan fingerprint density at radius 1 is 1.17 bits per heavy atom. The second-order valence-corrected chi connectivity index (χ2v) is 8.18. The lowest BCUT2D eigenvalue weighted by molar-refractivity contribution is -0.192. The summed E-state index contributed by atoms with van der Waals surface area (Å²) in [6, 6.07) is 0.403. The molecule has 2 aliphatic rings. The first-order chi connectivity index (χ1) is 14.3. The summed E-state index contributed by atoms with van der Waals surface area (Å²) in [4.78, 5) is 9.86. The topological polar surface area (TPSA) is 71.5 Å². The molecule has 3 atom stereocenters. The summed E-state index contributed by atoms with van der Waals surface area (Å²) in [5.74, 6) is 1.53. The number of rotatable bonds is 8. The molecule has 0 amide bonds. The third-order valence-corrected chi connectivity index (χ3v) is 5.61. The van der Waals surface area contributed by atoms with E-state index in [1.165, 1.54) is 11.2 Å². The van der Waals surface area contributed by atoms with Crippen LogP contribution in [-0.4, -0.2) is 78.7 Å². The Labute approximate surface area is 175 Å². The third kappa shape index (κ3) is 6.42. The maximum atomic E-state index is 13.5. The minimum atomic E-state index is -4.27. The number of nitrogens with one attached hydrogen (secondary N) is 2. The molecule has 0 aliphatic carbocycles. The van der Waals surface area contributed by atoms with Crippen LogP contribution in [0.1, 0.15) is 33.1 Å². The van der Waals surface area contributed by atoms with Crippen molar-refractivity contribution in [3.8, 4) is 0 Å². The average Bonchev–Trinajstić information content (AvgIpc) is 2.71. The van der Waals surface area contributed by atoms with Crippen LogP contribution in [0.4, 0.5) is 24.8 Å². The predicted molar refractivity (Wildman–Crippen MR) is 109 cm³/mol. The molecule has 2 aliphatic heterocycles. The van der Waals surface area contributed by atoms with Crippen LogP contribution in [0.5, 0.6) is 0 Å². The number of ether oxygens (including phenoxy) is 2. The van der Waals surface area contributed by atoms with Gasteiger partial charge in [-0.1, -0.05) is 13.8 Å². The van der Waals surface area contributed by atoms with Crippen molar-refractivity contribution in [2.24, 2.45) is 5.92 Å². The number of anilines is 2. The van der Waals surface area contributed by atoms with Gasteiger partial charge in [-0.2, -0.15) is 13.2 Å². The first-order valence-electron chi connectivity index (χ1n) is 10.7. The van der Waals surface area contributed by atoms with Gasteiger partial charge in [0.05, 0.1) is 25.4 Å². The van der Waals surface area contributed by atoms with Crippen molar-refractivity contribution in [3.63, 3.8) is 0 Å². The summed E-state index contributed by atoms with van der Waals surface area (Å²) in [6.45, 7) is 6.46. The van der Waals surface area contributed by atoms with Crippen molar-refractivity contribution in [2.45, 2.75) is 57.5 Å². The van der Waals surface area contributed by atoms with E-state index in [-0.39, 0.29) is 25.1 Å². The molecule has 3 rings (SSSR count). The highest BCUT2D eigenvalue weighted by atomic mass is 19.4. The van der Waals surface area contributed by atoms with E-state index < -0.39 is 12.2 Å². The number of hydrogen-bond donors (Lipinski definition) is 2. The maximum Gasteiger partial charge on any atom is 0.404 e. The molecule has 0 radical (unpaired) electrons. The lowest BCUT2D eigenvalue weighted by Gasteiger charge is -2.35. The van der Waals surface area contributed by atoms with E-state index in [2.05, 4.69) is 34.4 Å². The molecule has 3 heterocycles. The Balaban J connectivity index is 1.55. The third-order valence-electron chi connectivity index (χ3n) is 5.61. The summed E-state index contributed by atoms with van der Waals surface area (Å²) in [5, 5.41) is 6.43. The maximum absolute atomic E-state index is 13.5. The molecule has 10 heteroatoms. The van der Waals surface area contributed by atoms with Gasteiger partial charge in [0.2, 0.25) is 0 Å². The molecule has 1 aromatic heterocycles. The highest BCUT2D eigenvalue weighted by Gasteiger charge is 2.43. The number of alkyl halides is 3. The predicted octanol–water partition coefficient (Wildman–Crippen LogP) is 3.16. The molecule has 1 aromatic rings.